The Kier molecular flexibility index (Phi) is 7.80. The molecule has 1 aliphatic heterocycles. The van der Waals surface area contributed by atoms with Gasteiger partial charge in [0.2, 0.25) is 18.3 Å². The summed E-state index contributed by atoms with van der Waals surface area (Å²) in [4.78, 5) is 25.5. The summed E-state index contributed by atoms with van der Waals surface area (Å²) >= 11 is 0. The number of aromatic hydroxyl groups is 1. The van der Waals surface area contributed by atoms with E-state index < -0.39 is 35.7 Å². The van der Waals surface area contributed by atoms with Crippen LogP contribution in [-0.4, -0.2) is 55.9 Å². The number of allylic oxidation sites excluding steroid dienone is 1. The molecule has 0 aromatic heterocycles. The lowest BCUT2D eigenvalue weighted by Gasteiger charge is -2.43. The lowest BCUT2D eigenvalue weighted by Crippen LogP contribution is -2.46. The van der Waals surface area contributed by atoms with Gasteiger partial charge in [-0.25, -0.2) is 4.79 Å². The van der Waals surface area contributed by atoms with Crippen LogP contribution in [0.25, 0.3) is 11.1 Å². The fourth-order valence-electron chi connectivity index (χ4n) is 5.15. The third-order valence-electron chi connectivity index (χ3n) is 7.55. The number of fused-ring (bicyclic) bond motifs is 4. The van der Waals surface area contributed by atoms with E-state index in [1.54, 1.807) is 32.9 Å². The van der Waals surface area contributed by atoms with Gasteiger partial charge >= 0.3 is 11.9 Å². The molecule has 1 heterocycles. The Balaban J connectivity index is 2.22. The van der Waals surface area contributed by atoms with Crippen LogP contribution in [0.4, 0.5) is 0 Å². The zero-order valence-corrected chi connectivity index (χ0v) is 23.7. The molecule has 1 aliphatic carbocycles. The van der Waals surface area contributed by atoms with Gasteiger partial charge in [-0.05, 0) is 32.9 Å². The molecular weight excluding hydrogens is 524 g/mol. The zero-order chi connectivity index (χ0) is 29.5. The third kappa shape index (κ3) is 4.53. The first-order valence-corrected chi connectivity index (χ1v) is 12.6. The second kappa shape index (κ2) is 10.8. The number of methoxy groups -OCH3 is 3. The van der Waals surface area contributed by atoms with Gasteiger partial charge in [0.1, 0.15) is 11.7 Å². The topological polar surface area (TPSA) is 139 Å². The SMILES string of the molecule is CC=C(C)C(=O)OC1c2cc(OC)c(OC)c(O)c2-c2c(cc3c(c2OC)OCO3)C(OC(C)=O)C(C)[C@]1(C)O. The summed E-state index contributed by atoms with van der Waals surface area (Å²) in [5.74, 6) is -1.68. The summed E-state index contributed by atoms with van der Waals surface area (Å²) < 4.78 is 39.9. The Hall–Kier alpha value is -4.12. The maximum atomic E-state index is 13.1. The molecule has 0 radical (unpaired) electrons. The summed E-state index contributed by atoms with van der Waals surface area (Å²) in [6.07, 6.45) is -0.903. The minimum absolute atomic E-state index is 0.0149. The van der Waals surface area contributed by atoms with Crippen LogP contribution in [0.3, 0.4) is 0 Å². The highest BCUT2D eigenvalue weighted by Crippen LogP contribution is 2.61. The van der Waals surface area contributed by atoms with E-state index in [-0.39, 0.29) is 52.2 Å². The number of esters is 2. The van der Waals surface area contributed by atoms with Gasteiger partial charge in [-0.3, -0.25) is 4.79 Å². The number of hydrogen-bond acceptors (Lipinski definition) is 11. The van der Waals surface area contributed by atoms with Crippen molar-refractivity contribution in [3.8, 4) is 45.6 Å². The minimum Gasteiger partial charge on any atom is -0.504 e. The summed E-state index contributed by atoms with van der Waals surface area (Å²) in [6.45, 7) is 7.57. The number of benzene rings is 2. The van der Waals surface area contributed by atoms with Crippen molar-refractivity contribution in [3.63, 3.8) is 0 Å². The van der Waals surface area contributed by atoms with Crippen molar-refractivity contribution < 1.29 is 53.0 Å². The van der Waals surface area contributed by atoms with Gasteiger partial charge in [0.15, 0.2) is 29.1 Å². The van der Waals surface area contributed by atoms with E-state index in [2.05, 4.69) is 0 Å². The Labute approximate surface area is 232 Å². The van der Waals surface area contributed by atoms with Crippen LogP contribution in [0.5, 0.6) is 34.5 Å². The maximum Gasteiger partial charge on any atom is 0.334 e. The molecule has 0 spiro atoms. The fourth-order valence-corrected chi connectivity index (χ4v) is 5.15. The molecule has 0 amide bonds. The van der Waals surface area contributed by atoms with Crippen LogP contribution in [0.1, 0.15) is 58.0 Å². The molecule has 0 saturated carbocycles. The Morgan fingerprint density at radius 2 is 1.68 bits per heavy atom. The number of carbonyl (C=O) groups is 2. The lowest BCUT2D eigenvalue weighted by atomic mass is 9.71. The molecule has 2 aliphatic rings. The highest BCUT2D eigenvalue weighted by molar-refractivity contribution is 5.91. The van der Waals surface area contributed by atoms with Crippen molar-refractivity contribution in [3.05, 3.63) is 34.9 Å². The van der Waals surface area contributed by atoms with Crippen molar-refractivity contribution in [2.75, 3.05) is 28.1 Å². The number of hydrogen-bond donors (Lipinski definition) is 2. The Morgan fingerprint density at radius 1 is 1.00 bits per heavy atom. The van der Waals surface area contributed by atoms with Gasteiger partial charge < -0.3 is 43.4 Å². The molecule has 216 valence electrons. The molecule has 40 heavy (non-hydrogen) atoms. The van der Waals surface area contributed by atoms with Crippen LogP contribution in [0.2, 0.25) is 0 Å². The predicted molar refractivity (Wildman–Crippen MR) is 142 cm³/mol. The highest BCUT2D eigenvalue weighted by atomic mass is 16.7. The molecular formula is C29H34O11. The van der Waals surface area contributed by atoms with Gasteiger partial charge in [-0.15, -0.1) is 0 Å². The molecule has 11 heteroatoms. The lowest BCUT2D eigenvalue weighted by molar-refractivity contribution is -0.182. The van der Waals surface area contributed by atoms with E-state index in [1.807, 2.05) is 0 Å². The first-order chi connectivity index (χ1) is 18.9. The first-order valence-electron chi connectivity index (χ1n) is 12.6. The molecule has 0 fully saturated rings. The second-order valence-corrected chi connectivity index (χ2v) is 9.83. The van der Waals surface area contributed by atoms with Gasteiger partial charge in [0.05, 0.1) is 21.3 Å². The van der Waals surface area contributed by atoms with Gasteiger partial charge in [-0.2, -0.15) is 0 Å². The number of phenols is 1. The summed E-state index contributed by atoms with van der Waals surface area (Å²) in [7, 11) is 4.17. The first kappa shape index (κ1) is 28.9. The predicted octanol–water partition coefficient (Wildman–Crippen LogP) is 4.37. The van der Waals surface area contributed by atoms with Crippen molar-refractivity contribution in [2.24, 2.45) is 5.92 Å². The molecule has 2 N–H and O–H groups in total. The molecule has 2 aromatic carbocycles. The molecule has 11 nitrogen and oxygen atoms in total. The summed E-state index contributed by atoms with van der Waals surface area (Å²) in [6, 6.07) is 3.15. The largest absolute Gasteiger partial charge is 0.504 e. The molecule has 3 unspecified atom stereocenters. The van der Waals surface area contributed by atoms with E-state index in [4.69, 9.17) is 33.2 Å². The van der Waals surface area contributed by atoms with Crippen LogP contribution >= 0.6 is 0 Å². The number of carbonyl (C=O) groups excluding carboxylic acids is 2. The molecule has 2 aromatic rings. The van der Waals surface area contributed by atoms with Gasteiger partial charge in [-0.1, -0.05) is 13.0 Å². The third-order valence-corrected chi connectivity index (χ3v) is 7.55. The van der Waals surface area contributed by atoms with Crippen LogP contribution in [-0.2, 0) is 19.1 Å². The number of ether oxygens (including phenoxy) is 7. The van der Waals surface area contributed by atoms with E-state index in [0.717, 1.165) is 0 Å². The smallest absolute Gasteiger partial charge is 0.334 e. The van der Waals surface area contributed by atoms with Gasteiger partial charge in [0.25, 0.3) is 0 Å². The molecule has 0 bridgehead atoms. The van der Waals surface area contributed by atoms with Crippen LogP contribution < -0.4 is 23.7 Å². The average molecular weight is 559 g/mol. The molecule has 4 rings (SSSR count). The minimum atomic E-state index is -1.86. The Bertz CT molecular complexity index is 1380. The Morgan fingerprint density at radius 3 is 2.25 bits per heavy atom. The van der Waals surface area contributed by atoms with Crippen LogP contribution in [0.15, 0.2) is 23.8 Å². The monoisotopic (exact) mass is 558 g/mol. The second-order valence-electron chi connectivity index (χ2n) is 9.83. The zero-order valence-electron chi connectivity index (χ0n) is 23.7. The van der Waals surface area contributed by atoms with E-state index in [9.17, 15) is 19.8 Å². The standard InChI is InChI=1S/C29H34O11/c1-9-13(2)28(32)40-27-17-11-18(34-6)24(35-7)22(31)20(17)21-16(10-19-25(26(21)36-8)38-12-37-19)23(39-15(4)30)14(3)29(27,5)33/h9-11,14,23,27,31,33H,12H2,1-8H3/t14?,23?,27?,29-/m0/s1. The fraction of sp³-hybridized carbons (Fsp3) is 0.448. The summed E-state index contributed by atoms with van der Waals surface area (Å²) in [5, 5.41) is 23.9. The highest BCUT2D eigenvalue weighted by Gasteiger charge is 2.51. The van der Waals surface area contributed by atoms with E-state index in [1.165, 1.54) is 41.2 Å². The summed E-state index contributed by atoms with van der Waals surface area (Å²) in [5.41, 5.74) is -0.618. The molecule has 0 saturated heterocycles. The quantitative estimate of drug-likeness (QED) is 0.386. The average Bonchev–Trinajstić information content (AvgIpc) is 3.40. The van der Waals surface area contributed by atoms with Gasteiger partial charge in [0, 0.05) is 40.7 Å². The maximum absolute atomic E-state index is 13.1. The van der Waals surface area contributed by atoms with E-state index >= 15 is 0 Å². The van der Waals surface area contributed by atoms with E-state index in [0.29, 0.717) is 16.9 Å². The normalized spacial score (nSPS) is 23.2. The number of rotatable bonds is 6. The van der Waals surface area contributed by atoms with Crippen molar-refractivity contribution >= 4 is 11.9 Å². The van der Waals surface area contributed by atoms with Crippen molar-refractivity contribution in [2.45, 2.75) is 52.4 Å². The number of phenolic OH excluding ortho intramolecular Hbond substituents is 1. The number of aliphatic hydroxyl groups is 1. The van der Waals surface area contributed by atoms with Crippen LogP contribution in [0, 0.1) is 5.92 Å². The van der Waals surface area contributed by atoms with Crippen molar-refractivity contribution in [1.82, 2.24) is 0 Å². The van der Waals surface area contributed by atoms with Crippen molar-refractivity contribution in [1.29, 1.82) is 0 Å². The molecule has 4 atom stereocenters.